The minimum absolute atomic E-state index is 0.181. The van der Waals surface area contributed by atoms with Crippen molar-refractivity contribution in [3.8, 4) is 11.5 Å². The molecule has 0 saturated heterocycles. The highest BCUT2D eigenvalue weighted by molar-refractivity contribution is 7.32. The fourth-order valence-corrected chi connectivity index (χ4v) is 2.93. The molecular formula is C13H12O6P+. The van der Waals surface area contributed by atoms with Gasteiger partial charge < -0.3 is 9.52 Å². The topological polar surface area (TPSA) is 97.0 Å². The van der Waals surface area contributed by atoms with Crippen LogP contribution in [0.1, 0.15) is 24.0 Å². The van der Waals surface area contributed by atoms with Crippen molar-refractivity contribution in [3.05, 3.63) is 33.7 Å². The zero-order valence-electron chi connectivity index (χ0n) is 10.5. The first-order valence-electron chi connectivity index (χ1n) is 6.22. The Hall–Kier alpha value is -1.91. The van der Waals surface area contributed by atoms with Crippen molar-refractivity contribution in [2.45, 2.75) is 25.7 Å². The summed E-state index contributed by atoms with van der Waals surface area (Å²) in [6.07, 6.45) is 3.36. The monoisotopic (exact) mass is 295 g/mol. The second kappa shape index (κ2) is 4.89. The number of aryl methyl sites for hydroxylation is 1. The average molecular weight is 295 g/mol. The molecular weight excluding hydrogens is 283 g/mol. The van der Waals surface area contributed by atoms with Gasteiger partial charge in [0.15, 0.2) is 5.75 Å². The molecule has 1 aromatic carbocycles. The summed E-state index contributed by atoms with van der Waals surface area (Å²) in [6.45, 7) is 0. The van der Waals surface area contributed by atoms with E-state index in [-0.39, 0.29) is 17.1 Å². The Bertz CT molecular complexity index is 764. The van der Waals surface area contributed by atoms with Crippen LogP contribution < -0.4 is 10.1 Å². The second-order valence-corrected chi connectivity index (χ2v) is 5.36. The molecule has 3 rings (SSSR count). The average Bonchev–Trinajstić information content (AvgIpc) is 2.41. The molecule has 2 N–H and O–H groups in total. The lowest BCUT2D eigenvalue weighted by Gasteiger charge is -2.16. The summed E-state index contributed by atoms with van der Waals surface area (Å²) >= 11 is 0. The van der Waals surface area contributed by atoms with Crippen molar-refractivity contribution in [1.29, 1.82) is 0 Å². The predicted molar refractivity (Wildman–Crippen MR) is 71.2 cm³/mol. The number of phenols is 1. The summed E-state index contributed by atoms with van der Waals surface area (Å²) in [5, 5.41) is 10.5. The molecule has 6 nitrogen and oxygen atoms in total. The van der Waals surface area contributed by atoms with E-state index in [2.05, 4.69) is 4.52 Å². The molecule has 0 spiro atoms. The van der Waals surface area contributed by atoms with E-state index in [1.54, 1.807) is 0 Å². The zero-order valence-corrected chi connectivity index (χ0v) is 11.4. The van der Waals surface area contributed by atoms with Crippen LogP contribution in [0.2, 0.25) is 0 Å². The molecule has 7 heteroatoms. The third-order valence-corrected chi connectivity index (χ3v) is 3.83. The summed E-state index contributed by atoms with van der Waals surface area (Å²) in [6, 6.07) is 2.68. The van der Waals surface area contributed by atoms with Crippen LogP contribution in [0.5, 0.6) is 11.5 Å². The number of phenolic OH excluding ortho intramolecular Hbond substituents is 1. The highest BCUT2D eigenvalue weighted by Crippen LogP contribution is 2.38. The van der Waals surface area contributed by atoms with Gasteiger partial charge >= 0.3 is 13.9 Å². The highest BCUT2D eigenvalue weighted by Gasteiger charge is 2.23. The van der Waals surface area contributed by atoms with Crippen molar-refractivity contribution >= 4 is 19.2 Å². The Balaban J connectivity index is 2.26. The first-order chi connectivity index (χ1) is 9.56. The van der Waals surface area contributed by atoms with Gasteiger partial charge in [-0.1, -0.05) is 0 Å². The molecule has 1 atom stereocenters. The quantitative estimate of drug-likeness (QED) is 0.652. The van der Waals surface area contributed by atoms with Gasteiger partial charge in [0.2, 0.25) is 5.75 Å². The first kappa shape index (κ1) is 13.1. The Morgan fingerprint density at radius 2 is 1.90 bits per heavy atom. The van der Waals surface area contributed by atoms with Crippen molar-refractivity contribution < 1.29 is 23.5 Å². The summed E-state index contributed by atoms with van der Waals surface area (Å²) in [5.74, 6) is -0.434. The lowest BCUT2D eigenvalue weighted by molar-refractivity contribution is 0.389. The Morgan fingerprint density at radius 3 is 2.60 bits per heavy atom. The van der Waals surface area contributed by atoms with Crippen LogP contribution in [0.25, 0.3) is 11.0 Å². The molecule has 1 aliphatic rings. The molecule has 0 aliphatic heterocycles. The molecule has 20 heavy (non-hydrogen) atoms. The van der Waals surface area contributed by atoms with Crippen LogP contribution in [0.4, 0.5) is 0 Å². The van der Waals surface area contributed by atoms with Gasteiger partial charge in [0, 0.05) is 21.6 Å². The van der Waals surface area contributed by atoms with E-state index in [0.717, 1.165) is 24.8 Å². The summed E-state index contributed by atoms with van der Waals surface area (Å²) < 4.78 is 20.5. The van der Waals surface area contributed by atoms with E-state index in [1.165, 1.54) is 12.1 Å². The Kier molecular flexibility index (Phi) is 3.20. The molecule has 2 aromatic rings. The SMILES string of the molecule is O=c1oc2cc(O[P+](=O)O)c(O)cc2c2c1CCCC2. The number of hydrogen-bond acceptors (Lipinski definition) is 5. The van der Waals surface area contributed by atoms with Crippen molar-refractivity contribution in [3.63, 3.8) is 0 Å². The number of rotatable bonds is 2. The lowest BCUT2D eigenvalue weighted by atomic mass is 9.90. The zero-order chi connectivity index (χ0) is 14.3. The number of aromatic hydroxyl groups is 1. The van der Waals surface area contributed by atoms with E-state index in [0.29, 0.717) is 17.4 Å². The Morgan fingerprint density at radius 1 is 1.20 bits per heavy atom. The van der Waals surface area contributed by atoms with Crippen LogP contribution >= 0.6 is 8.25 Å². The molecule has 0 amide bonds. The van der Waals surface area contributed by atoms with E-state index in [9.17, 15) is 14.5 Å². The van der Waals surface area contributed by atoms with Crippen LogP contribution in [-0.2, 0) is 17.4 Å². The molecule has 0 fully saturated rings. The summed E-state index contributed by atoms with van der Waals surface area (Å²) in [5.41, 5.74) is 1.40. The maximum atomic E-state index is 11.9. The Labute approximate surface area is 114 Å². The van der Waals surface area contributed by atoms with E-state index in [4.69, 9.17) is 9.31 Å². The minimum atomic E-state index is -2.90. The minimum Gasteiger partial charge on any atom is -0.504 e. The number of fused-ring (bicyclic) bond motifs is 3. The third kappa shape index (κ3) is 2.17. The van der Waals surface area contributed by atoms with Gasteiger partial charge in [0.05, 0.1) is 0 Å². The molecule has 104 valence electrons. The van der Waals surface area contributed by atoms with Gasteiger partial charge in [-0.15, -0.1) is 4.89 Å². The summed E-state index contributed by atoms with van der Waals surface area (Å²) in [4.78, 5) is 20.7. The summed E-state index contributed by atoms with van der Waals surface area (Å²) in [7, 11) is -2.90. The molecule has 1 aromatic heterocycles. The van der Waals surface area contributed by atoms with Crippen molar-refractivity contribution in [2.75, 3.05) is 0 Å². The number of hydrogen-bond donors (Lipinski definition) is 2. The third-order valence-electron chi connectivity index (χ3n) is 3.48. The lowest BCUT2D eigenvalue weighted by Crippen LogP contribution is -2.15. The molecule has 1 aliphatic carbocycles. The molecule has 0 saturated carbocycles. The van der Waals surface area contributed by atoms with Gasteiger partial charge in [-0.2, -0.15) is 0 Å². The van der Waals surface area contributed by atoms with Crippen LogP contribution in [0.15, 0.2) is 21.3 Å². The molecule has 1 unspecified atom stereocenters. The largest absolute Gasteiger partial charge is 0.747 e. The number of benzene rings is 1. The molecule has 1 heterocycles. The van der Waals surface area contributed by atoms with Gasteiger partial charge in [-0.25, -0.2) is 9.32 Å². The van der Waals surface area contributed by atoms with Crippen LogP contribution in [0.3, 0.4) is 0 Å². The van der Waals surface area contributed by atoms with E-state index >= 15 is 0 Å². The smallest absolute Gasteiger partial charge is 0.504 e. The van der Waals surface area contributed by atoms with E-state index < -0.39 is 13.9 Å². The predicted octanol–water partition coefficient (Wildman–Crippen LogP) is 2.41. The standard InChI is InChI=1S/C13H11O6P/c14-10-5-9-7-3-1-2-4-8(7)13(15)18-11(9)6-12(10)19-20(16)17/h5-6H,1-4H2,(H-,14,16,17)/p+1. The van der Waals surface area contributed by atoms with Crippen LogP contribution in [0, 0.1) is 0 Å². The maximum Gasteiger partial charge on any atom is 0.747 e. The van der Waals surface area contributed by atoms with Crippen LogP contribution in [-0.4, -0.2) is 10.00 Å². The maximum absolute atomic E-state index is 11.9. The van der Waals surface area contributed by atoms with Gasteiger partial charge in [0.25, 0.3) is 0 Å². The van der Waals surface area contributed by atoms with Gasteiger partial charge in [-0.3, -0.25) is 0 Å². The normalized spacial score (nSPS) is 14.9. The fraction of sp³-hybridized carbons (Fsp3) is 0.308. The van der Waals surface area contributed by atoms with Crippen molar-refractivity contribution in [2.24, 2.45) is 0 Å². The van der Waals surface area contributed by atoms with Crippen molar-refractivity contribution in [1.82, 2.24) is 0 Å². The highest BCUT2D eigenvalue weighted by atomic mass is 31.1. The van der Waals surface area contributed by atoms with Gasteiger partial charge in [-0.05, 0) is 37.3 Å². The van der Waals surface area contributed by atoms with Gasteiger partial charge in [0.1, 0.15) is 5.58 Å². The molecule has 0 bridgehead atoms. The molecule has 0 radical (unpaired) electrons. The first-order valence-corrected chi connectivity index (χ1v) is 7.35. The second-order valence-electron chi connectivity index (χ2n) is 4.70. The van der Waals surface area contributed by atoms with E-state index in [1.807, 2.05) is 0 Å². The fourth-order valence-electron chi connectivity index (χ4n) is 2.62.